The Morgan fingerprint density at radius 3 is 2.09 bits per heavy atom. The molecule has 2 rings (SSSR count). The number of hydrogen-bond acceptors (Lipinski definition) is 2. The van der Waals surface area contributed by atoms with Crippen LogP contribution in [0.5, 0.6) is 0 Å². The van der Waals surface area contributed by atoms with Gasteiger partial charge in [-0.1, -0.05) is 23.2 Å². The predicted molar refractivity (Wildman–Crippen MR) is 78.7 cm³/mol. The molecule has 2 aromatic carbocycles. The topological polar surface area (TPSA) is 46.2 Å². The van der Waals surface area contributed by atoms with E-state index in [9.17, 15) is 21.6 Å². The predicted octanol–water partition coefficient (Wildman–Crippen LogP) is 4.81. The Labute approximate surface area is 134 Å². The molecule has 9 heteroatoms. The molecule has 0 bridgehead atoms. The van der Waals surface area contributed by atoms with Gasteiger partial charge >= 0.3 is 6.18 Å². The Morgan fingerprint density at radius 2 is 1.55 bits per heavy atom. The first-order chi connectivity index (χ1) is 10.1. The highest BCUT2D eigenvalue weighted by Gasteiger charge is 2.33. The summed E-state index contributed by atoms with van der Waals surface area (Å²) in [6.45, 7) is 0. The van der Waals surface area contributed by atoms with E-state index in [2.05, 4.69) is 4.72 Å². The number of alkyl halides is 3. The minimum absolute atomic E-state index is 0.125. The highest BCUT2D eigenvalue weighted by atomic mass is 35.5. The molecule has 0 aromatic heterocycles. The number of rotatable bonds is 3. The van der Waals surface area contributed by atoms with Crippen molar-refractivity contribution in [3.63, 3.8) is 0 Å². The quantitative estimate of drug-likeness (QED) is 0.843. The summed E-state index contributed by atoms with van der Waals surface area (Å²) in [5.41, 5.74) is -1.36. The molecule has 0 amide bonds. The Bertz CT molecular complexity index is 790. The zero-order valence-electron chi connectivity index (χ0n) is 10.7. The van der Waals surface area contributed by atoms with Crippen LogP contribution in [0.1, 0.15) is 5.56 Å². The fraction of sp³-hybridized carbons (Fsp3) is 0.0769. The minimum Gasteiger partial charge on any atom is -0.280 e. The number of nitrogens with one attached hydrogen (secondary N) is 1. The normalized spacial score (nSPS) is 12.2. The van der Waals surface area contributed by atoms with Crippen molar-refractivity contribution in [3.05, 3.63) is 58.1 Å². The molecule has 0 unspecified atom stereocenters. The first kappa shape index (κ1) is 16.9. The molecule has 0 aliphatic carbocycles. The van der Waals surface area contributed by atoms with Gasteiger partial charge in [0, 0.05) is 10.7 Å². The molecule has 0 saturated carbocycles. The molecule has 0 spiro atoms. The minimum atomic E-state index is -4.68. The van der Waals surface area contributed by atoms with E-state index in [0.717, 1.165) is 12.1 Å². The van der Waals surface area contributed by atoms with E-state index in [1.165, 1.54) is 24.3 Å². The van der Waals surface area contributed by atoms with Crippen LogP contribution in [0.25, 0.3) is 0 Å². The van der Waals surface area contributed by atoms with E-state index in [-0.39, 0.29) is 10.6 Å². The van der Waals surface area contributed by atoms with Crippen molar-refractivity contribution in [2.24, 2.45) is 0 Å². The van der Waals surface area contributed by atoms with Crippen molar-refractivity contribution in [1.82, 2.24) is 0 Å². The summed E-state index contributed by atoms with van der Waals surface area (Å²) in [5, 5.41) is -0.174. The van der Waals surface area contributed by atoms with Crippen molar-refractivity contribution >= 4 is 38.9 Å². The average Bonchev–Trinajstić information content (AvgIpc) is 2.40. The molecule has 0 heterocycles. The van der Waals surface area contributed by atoms with Crippen molar-refractivity contribution in [2.75, 3.05) is 4.72 Å². The van der Waals surface area contributed by atoms with Gasteiger partial charge in [0.15, 0.2) is 0 Å². The van der Waals surface area contributed by atoms with Crippen LogP contribution in [0, 0.1) is 0 Å². The van der Waals surface area contributed by atoms with Gasteiger partial charge in [-0.25, -0.2) is 8.42 Å². The molecule has 2 aromatic rings. The van der Waals surface area contributed by atoms with Crippen LogP contribution >= 0.6 is 23.2 Å². The Morgan fingerprint density at radius 1 is 0.955 bits per heavy atom. The number of halogens is 5. The molecule has 0 aliphatic rings. The molecular weight excluding hydrogens is 362 g/mol. The first-order valence-corrected chi connectivity index (χ1v) is 7.98. The Hall–Kier alpha value is -1.44. The summed E-state index contributed by atoms with van der Waals surface area (Å²) in [7, 11) is -4.02. The summed E-state index contributed by atoms with van der Waals surface area (Å²) in [6.07, 6.45) is -4.68. The third-order valence-corrected chi connectivity index (χ3v) is 4.63. The second-order valence-electron chi connectivity index (χ2n) is 4.25. The highest BCUT2D eigenvalue weighted by Crippen LogP contribution is 2.36. The molecule has 22 heavy (non-hydrogen) atoms. The summed E-state index contributed by atoms with van der Waals surface area (Å²) in [6, 6.07) is 7.96. The fourth-order valence-corrected chi connectivity index (χ4v) is 3.03. The van der Waals surface area contributed by atoms with E-state index >= 15 is 0 Å². The van der Waals surface area contributed by atoms with Crippen LogP contribution in [-0.2, 0) is 16.2 Å². The van der Waals surface area contributed by atoms with Gasteiger partial charge in [-0.15, -0.1) is 0 Å². The van der Waals surface area contributed by atoms with E-state index in [4.69, 9.17) is 23.2 Å². The largest absolute Gasteiger partial charge is 0.417 e. The zero-order chi connectivity index (χ0) is 16.5. The van der Waals surface area contributed by atoms with E-state index < -0.39 is 26.8 Å². The fourth-order valence-electron chi connectivity index (χ4n) is 1.63. The second kappa shape index (κ2) is 5.98. The maximum atomic E-state index is 12.8. The Kier molecular flexibility index (Phi) is 4.60. The van der Waals surface area contributed by atoms with Crippen LogP contribution < -0.4 is 4.72 Å². The first-order valence-electron chi connectivity index (χ1n) is 5.75. The lowest BCUT2D eigenvalue weighted by atomic mass is 10.2. The van der Waals surface area contributed by atoms with Crippen LogP contribution in [0.4, 0.5) is 18.9 Å². The third kappa shape index (κ3) is 3.85. The molecule has 1 N–H and O–H groups in total. The van der Waals surface area contributed by atoms with Crippen LogP contribution in [0.2, 0.25) is 10.0 Å². The van der Waals surface area contributed by atoms with Gasteiger partial charge in [0.25, 0.3) is 10.0 Å². The summed E-state index contributed by atoms with van der Waals surface area (Å²) in [4.78, 5) is -0.125. The number of hydrogen-bond donors (Lipinski definition) is 1. The standard InChI is InChI=1S/C13H8Cl2F3NO2S/c14-8-1-4-10(5-2-8)22(20,21)19-9-3-6-12(15)11(7-9)13(16,17)18/h1-7,19H. The number of anilines is 1. The van der Waals surface area contributed by atoms with Crippen LogP contribution in [-0.4, -0.2) is 8.42 Å². The summed E-state index contributed by atoms with van der Waals surface area (Å²) < 4.78 is 64.5. The molecule has 0 saturated heterocycles. The van der Waals surface area contributed by atoms with E-state index in [0.29, 0.717) is 11.1 Å². The van der Waals surface area contributed by atoms with Crippen molar-refractivity contribution in [3.8, 4) is 0 Å². The van der Waals surface area contributed by atoms with Gasteiger partial charge in [-0.2, -0.15) is 13.2 Å². The molecule has 0 radical (unpaired) electrons. The van der Waals surface area contributed by atoms with Gasteiger partial charge in [-0.3, -0.25) is 4.72 Å². The summed E-state index contributed by atoms with van der Waals surface area (Å²) >= 11 is 11.1. The maximum absolute atomic E-state index is 12.8. The zero-order valence-corrected chi connectivity index (χ0v) is 13.0. The van der Waals surface area contributed by atoms with Crippen molar-refractivity contribution < 1.29 is 21.6 Å². The van der Waals surface area contributed by atoms with Gasteiger partial charge in [0.1, 0.15) is 0 Å². The smallest absolute Gasteiger partial charge is 0.280 e. The Balaban J connectivity index is 2.36. The van der Waals surface area contributed by atoms with Gasteiger partial charge < -0.3 is 0 Å². The molecule has 3 nitrogen and oxygen atoms in total. The number of benzene rings is 2. The van der Waals surface area contributed by atoms with Crippen molar-refractivity contribution in [2.45, 2.75) is 11.1 Å². The van der Waals surface area contributed by atoms with Gasteiger partial charge in [0.2, 0.25) is 0 Å². The third-order valence-electron chi connectivity index (χ3n) is 2.65. The lowest BCUT2D eigenvalue weighted by molar-refractivity contribution is -0.137. The molecular formula is C13H8Cl2F3NO2S. The lowest BCUT2D eigenvalue weighted by Crippen LogP contribution is -2.14. The SMILES string of the molecule is O=S(=O)(Nc1ccc(Cl)c(C(F)(F)F)c1)c1ccc(Cl)cc1. The second-order valence-corrected chi connectivity index (χ2v) is 6.78. The van der Waals surface area contributed by atoms with E-state index in [1.54, 1.807) is 0 Å². The van der Waals surface area contributed by atoms with Crippen LogP contribution in [0.3, 0.4) is 0 Å². The maximum Gasteiger partial charge on any atom is 0.417 e. The van der Waals surface area contributed by atoms with Crippen molar-refractivity contribution in [1.29, 1.82) is 0 Å². The van der Waals surface area contributed by atoms with Gasteiger partial charge in [0.05, 0.1) is 15.5 Å². The molecule has 118 valence electrons. The average molecular weight is 370 g/mol. The number of sulfonamides is 1. The molecule has 0 fully saturated rings. The molecule has 0 atom stereocenters. The van der Waals surface area contributed by atoms with Gasteiger partial charge in [-0.05, 0) is 42.5 Å². The molecule has 0 aliphatic heterocycles. The lowest BCUT2D eigenvalue weighted by Gasteiger charge is -2.12. The summed E-state index contributed by atoms with van der Waals surface area (Å²) in [5.74, 6) is 0. The van der Waals surface area contributed by atoms with E-state index in [1.807, 2.05) is 0 Å². The van der Waals surface area contributed by atoms with Crippen LogP contribution in [0.15, 0.2) is 47.4 Å². The highest BCUT2D eigenvalue weighted by molar-refractivity contribution is 7.92. The monoisotopic (exact) mass is 369 g/mol.